The van der Waals surface area contributed by atoms with Crippen LogP contribution < -0.4 is 0 Å². The number of hydrogen-bond acceptors (Lipinski definition) is 4. The number of hydrogen-bond donors (Lipinski definition) is 0. The highest BCUT2D eigenvalue weighted by Crippen LogP contribution is 2.07. The summed E-state index contributed by atoms with van der Waals surface area (Å²) in [5.41, 5.74) is 0. The minimum Gasteiger partial charge on any atom is -0.300 e. The van der Waals surface area contributed by atoms with Crippen LogP contribution in [0.3, 0.4) is 0 Å². The molecule has 0 radical (unpaired) electrons. The summed E-state index contributed by atoms with van der Waals surface area (Å²) in [4.78, 5) is 4.77. The van der Waals surface area contributed by atoms with E-state index in [2.05, 4.69) is 22.8 Å². The third-order valence-electron chi connectivity index (χ3n) is 2.90. The van der Waals surface area contributed by atoms with Crippen LogP contribution in [0.25, 0.3) is 0 Å². The lowest BCUT2D eigenvalue weighted by atomic mass is 10.2. The van der Waals surface area contributed by atoms with E-state index in [1.54, 1.807) is 0 Å². The lowest BCUT2D eigenvalue weighted by Crippen LogP contribution is -2.49. The largest absolute Gasteiger partial charge is 0.300 e. The zero-order valence-corrected chi connectivity index (χ0v) is 10.6. The Morgan fingerprint density at radius 3 is 2.53 bits per heavy atom. The molecule has 3 nitrogen and oxygen atoms in total. The molecule has 1 fully saturated rings. The quantitative estimate of drug-likeness (QED) is 0.662. The van der Waals surface area contributed by atoms with Gasteiger partial charge in [0, 0.05) is 38.5 Å². The molecule has 1 heterocycles. The van der Waals surface area contributed by atoms with Gasteiger partial charge in [-0.2, -0.15) is 17.0 Å². The van der Waals surface area contributed by atoms with Crippen molar-refractivity contribution in [2.45, 2.75) is 19.9 Å². The minimum atomic E-state index is 0.0807. The van der Waals surface area contributed by atoms with E-state index in [1.807, 2.05) is 18.7 Å². The molecule has 1 unspecified atom stereocenters. The van der Waals surface area contributed by atoms with Crippen molar-refractivity contribution in [2.24, 2.45) is 0 Å². The van der Waals surface area contributed by atoms with Gasteiger partial charge in [-0.25, -0.2) is 0 Å². The van der Waals surface area contributed by atoms with Crippen molar-refractivity contribution < 1.29 is 0 Å². The summed E-state index contributed by atoms with van der Waals surface area (Å²) in [5.74, 6) is 2.45. The van der Waals surface area contributed by atoms with Gasteiger partial charge >= 0.3 is 0 Å². The highest BCUT2D eigenvalue weighted by atomic mass is 32.2. The molecule has 1 atom stereocenters. The molecule has 86 valence electrons. The van der Waals surface area contributed by atoms with Gasteiger partial charge in [-0.05, 0) is 12.7 Å². The summed E-state index contributed by atoms with van der Waals surface area (Å²) in [6.45, 7) is 9.73. The van der Waals surface area contributed by atoms with Crippen molar-refractivity contribution in [1.29, 1.82) is 5.26 Å². The Hall–Kier alpha value is -0.240. The van der Waals surface area contributed by atoms with Crippen molar-refractivity contribution in [3.05, 3.63) is 0 Å². The summed E-state index contributed by atoms with van der Waals surface area (Å²) in [5, 5.41) is 8.82. The Kier molecular flexibility index (Phi) is 6.07. The first-order valence-electron chi connectivity index (χ1n) is 5.71. The molecule has 0 bridgehead atoms. The standard InChI is InChI=1S/C11H21N3S/c1-3-15-9-8-13-4-6-14(7-5-13)11(2)10-12/h11H,3-9H2,1-2H3. The number of thioether (sulfide) groups is 1. The Morgan fingerprint density at radius 2 is 2.00 bits per heavy atom. The van der Waals surface area contributed by atoms with E-state index in [1.165, 1.54) is 18.1 Å². The zero-order valence-electron chi connectivity index (χ0n) is 9.78. The molecule has 0 aromatic heterocycles. The Bertz CT molecular complexity index is 206. The second-order valence-electron chi connectivity index (χ2n) is 3.88. The summed E-state index contributed by atoms with van der Waals surface area (Å²) < 4.78 is 0. The van der Waals surface area contributed by atoms with Crippen LogP contribution in [0.1, 0.15) is 13.8 Å². The predicted octanol–water partition coefficient (Wildman–Crippen LogP) is 1.27. The first-order chi connectivity index (χ1) is 7.27. The average molecular weight is 227 g/mol. The Labute approximate surface area is 97.4 Å². The van der Waals surface area contributed by atoms with Gasteiger partial charge in [-0.15, -0.1) is 0 Å². The average Bonchev–Trinajstić information content (AvgIpc) is 2.29. The van der Waals surface area contributed by atoms with Gasteiger partial charge in [0.25, 0.3) is 0 Å². The van der Waals surface area contributed by atoms with Gasteiger partial charge < -0.3 is 0 Å². The number of piperazine rings is 1. The lowest BCUT2D eigenvalue weighted by Gasteiger charge is -2.35. The fraction of sp³-hybridized carbons (Fsp3) is 0.909. The smallest absolute Gasteiger partial charge is 0.0950 e. The molecule has 1 aliphatic heterocycles. The fourth-order valence-corrected chi connectivity index (χ4v) is 2.47. The molecule has 0 spiro atoms. The summed E-state index contributed by atoms with van der Waals surface area (Å²) >= 11 is 2.01. The molecule has 0 N–H and O–H groups in total. The predicted molar refractivity (Wildman–Crippen MR) is 66.1 cm³/mol. The minimum absolute atomic E-state index is 0.0807. The second-order valence-corrected chi connectivity index (χ2v) is 5.27. The summed E-state index contributed by atoms with van der Waals surface area (Å²) in [6.07, 6.45) is 0. The highest BCUT2D eigenvalue weighted by Gasteiger charge is 2.19. The molecule has 4 heteroatoms. The molecule has 0 aliphatic carbocycles. The van der Waals surface area contributed by atoms with Gasteiger partial charge in [0.05, 0.1) is 12.1 Å². The van der Waals surface area contributed by atoms with Crippen LogP contribution in [0.15, 0.2) is 0 Å². The van der Waals surface area contributed by atoms with Crippen LogP contribution in [0.2, 0.25) is 0 Å². The van der Waals surface area contributed by atoms with Gasteiger partial charge in [0.2, 0.25) is 0 Å². The maximum Gasteiger partial charge on any atom is 0.0950 e. The van der Waals surface area contributed by atoms with Gasteiger partial charge in [-0.1, -0.05) is 6.92 Å². The first kappa shape index (κ1) is 12.8. The molecule has 0 saturated carbocycles. The van der Waals surface area contributed by atoms with Gasteiger partial charge in [0.15, 0.2) is 0 Å². The van der Waals surface area contributed by atoms with Crippen molar-refractivity contribution >= 4 is 11.8 Å². The lowest BCUT2D eigenvalue weighted by molar-refractivity contribution is 0.124. The van der Waals surface area contributed by atoms with Crippen LogP contribution in [-0.2, 0) is 0 Å². The number of nitrogens with zero attached hydrogens (tertiary/aromatic N) is 3. The highest BCUT2D eigenvalue weighted by molar-refractivity contribution is 7.99. The monoisotopic (exact) mass is 227 g/mol. The fourth-order valence-electron chi connectivity index (χ4n) is 1.79. The summed E-state index contributed by atoms with van der Waals surface area (Å²) in [6, 6.07) is 2.39. The molecule has 1 saturated heterocycles. The Balaban J connectivity index is 2.16. The zero-order chi connectivity index (χ0) is 11.1. The Morgan fingerprint density at radius 1 is 1.33 bits per heavy atom. The summed E-state index contributed by atoms with van der Waals surface area (Å²) in [7, 11) is 0. The van der Waals surface area contributed by atoms with Gasteiger partial charge in [-0.3, -0.25) is 9.80 Å². The van der Waals surface area contributed by atoms with Crippen molar-refractivity contribution in [3.63, 3.8) is 0 Å². The third-order valence-corrected chi connectivity index (χ3v) is 3.78. The topological polar surface area (TPSA) is 30.3 Å². The van der Waals surface area contributed by atoms with Crippen molar-refractivity contribution in [2.75, 3.05) is 44.2 Å². The molecule has 0 aromatic rings. The van der Waals surface area contributed by atoms with E-state index >= 15 is 0 Å². The molecular weight excluding hydrogens is 206 g/mol. The van der Waals surface area contributed by atoms with E-state index in [4.69, 9.17) is 5.26 Å². The molecule has 15 heavy (non-hydrogen) atoms. The van der Waals surface area contributed by atoms with Crippen LogP contribution in [-0.4, -0.2) is 60.1 Å². The van der Waals surface area contributed by atoms with Gasteiger partial charge in [0.1, 0.15) is 0 Å². The van der Waals surface area contributed by atoms with Crippen LogP contribution in [0.4, 0.5) is 0 Å². The van der Waals surface area contributed by atoms with E-state index in [0.29, 0.717) is 0 Å². The van der Waals surface area contributed by atoms with E-state index in [9.17, 15) is 0 Å². The normalized spacial score (nSPS) is 21.1. The molecular formula is C11H21N3S. The molecule has 1 aliphatic rings. The van der Waals surface area contributed by atoms with Crippen molar-refractivity contribution in [1.82, 2.24) is 9.80 Å². The van der Waals surface area contributed by atoms with E-state index in [0.717, 1.165) is 26.2 Å². The number of rotatable bonds is 5. The second kappa shape index (κ2) is 7.10. The van der Waals surface area contributed by atoms with Crippen LogP contribution in [0.5, 0.6) is 0 Å². The number of nitriles is 1. The molecule has 0 amide bonds. The van der Waals surface area contributed by atoms with E-state index < -0.39 is 0 Å². The maximum atomic E-state index is 8.82. The van der Waals surface area contributed by atoms with Crippen LogP contribution >= 0.6 is 11.8 Å². The van der Waals surface area contributed by atoms with E-state index in [-0.39, 0.29) is 6.04 Å². The maximum absolute atomic E-state index is 8.82. The van der Waals surface area contributed by atoms with Crippen LogP contribution in [0, 0.1) is 11.3 Å². The molecule has 1 rings (SSSR count). The van der Waals surface area contributed by atoms with Crippen molar-refractivity contribution in [3.8, 4) is 6.07 Å². The SMILES string of the molecule is CCSCCN1CCN(C(C)C#N)CC1. The molecule has 0 aromatic carbocycles. The third kappa shape index (κ3) is 4.42. The first-order valence-corrected chi connectivity index (χ1v) is 6.87.